The monoisotopic (exact) mass is 790 g/mol. The Labute approximate surface area is 336 Å². The van der Waals surface area contributed by atoms with Gasteiger partial charge in [0.2, 0.25) is 17.7 Å². The molecule has 4 atom stereocenters. The van der Waals surface area contributed by atoms with E-state index in [0.29, 0.717) is 42.4 Å². The number of nitrogens with one attached hydrogen (secondary N) is 2. The summed E-state index contributed by atoms with van der Waals surface area (Å²) in [5.74, 6) is 0.266. The second-order valence-electron chi connectivity index (χ2n) is 16.4. The number of furan rings is 1. The average Bonchev–Trinajstić information content (AvgIpc) is 4.07. The van der Waals surface area contributed by atoms with Gasteiger partial charge in [-0.15, -0.1) is 0 Å². The van der Waals surface area contributed by atoms with Crippen LogP contribution in [-0.2, 0) is 23.9 Å². The molecule has 0 aliphatic carbocycles. The van der Waals surface area contributed by atoms with Crippen molar-refractivity contribution < 1.29 is 38.2 Å². The van der Waals surface area contributed by atoms with Crippen LogP contribution in [0.3, 0.4) is 0 Å². The lowest BCUT2D eigenvalue weighted by Gasteiger charge is -2.30. The van der Waals surface area contributed by atoms with Crippen LogP contribution in [-0.4, -0.2) is 93.2 Å². The third kappa shape index (κ3) is 7.07. The van der Waals surface area contributed by atoms with Crippen molar-refractivity contribution in [2.45, 2.75) is 84.3 Å². The van der Waals surface area contributed by atoms with Gasteiger partial charge >= 0.3 is 5.97 Å². The van der Waals surface area contributed by atoms with Crippen LogP contribution in [0.2, 0.25) is 0 Å². The number of allylic oxidation sites excluding steroid dienone is 1. The highest BCUT2D eigenvalue weighted by atomic mass is 16.5. The summed E-state index contributed by atoms with van der Waals surface area (Å²) in [4.78, 5) is 68.2. The van der Waals surface area contributed by atoms with Gasteiger partial charge < -0.3 is 39.1 Å². The number of ether oxygens (including phenoxy) is 2. The summed E-state index contributed by atoms with van der Waals surface area (Å²) < 4.78 is 17.7. The number of hydrogen-bond acceptors (Lipinski definition) is 10. The van der Waals surface area contributed by atoms with Gasteiger partial charge in [0.15, 0.2) is 0 Å². The van der Waals surface area contributed by atoms with E-state index in [1.165, 1.54) is 7.11 Å². The van der Waals surface area contributed by atoms with Crippen molar-refractivity contribution in [2.24, 2.45) is 22.7 Å². The predicted octanol–water partition coefficient (Wildman–Crippen LogP) is 6.40. The number of hydrogen-bond donors (Lipinski definition) is 3. The largest absolute Gasteiger partial charge is 0.469 e. The molecule has 14 heteroatoms. The molecule has 8 rings (SSSR count). The molecule has 2 aromatic heterocycles. The first-order valence-electron chi connectivity index (χ1n) is 20.2. The number of H-pyrrole nitrogens is 1. The van der Waals surface area contributed by atoms with Crippen LogP contribution in [0.5, 0.6) is 11.5 Å². The highest BCUT2D eigenvalue weighted by molar-refractivity contribution is 6.08. The topological polar surface area (TPSA) is 180 Å². The fraction of sp³-hybridized carbons (Fsp3) is 0.455. The van der Waals surface area contributed by atoms with Crippen molar-refractivity contribution >= 4 is 45.9 Å². The molecule has 4 aliphatic rings. The van der Waals surface area contributed by atoms with Crippen molar-refractivity contribution in [2.75, 3.05) is 26.8 Å². The minimum atomic E-state index is -0.752. The van der Waals surface area contributed by atoms with Crippen molar-refractivity contribution in [3.05, 3.63) is 60.4 Å². The number of aromatic nitrogens is 2. The number of likely N-dealkylation sites (tertiary alicyclic amines) is 2. The van der Waals surface area contributed by atoms with Crippen molar-refractivity contribution in [1.82, 2.24) is 25.1 Å². The lowest BCUT2D eigenvalue weighted by atomic mass is 9.90. The molecule has 58 heavy (non-hydrogen) atoms. The van der Waals surface area contributed by atoms with Gasteiger partial charge in [-0.05, 0) is 72.9 Å². The molecule has 4 aromatic rings. The third-order valence-electron chi connectivity index (χ3n) is 12.1. The lowest BCUT2D eigenvalue weighted by Crippen LogP contribution is -2.51. The average molecular weight is 791 g/mol. The molecule has 2 fully saturated rings. The third-order valence-corrected chi connectivity index (χ3v) is 12.1. The summed E-state index contributed by atoms with van der Waals surface area (Å²) in [6.45, 7) is 8.18. The van der Waals surface area contributed by atoms with Gasteiger partial charge in [-0.2, -0.15) is 0 Å². The quantitative estimate of drug-likeness (QED) is 0.121. The number of aliphatic hydroxyl groups is 1. The minimum Gasteiger partial charge on any atom is -0.469 e. The van der Waals surface area contributed by atoms with Crippen LogP contribution in [0.1, 0.15) is 83.6 Å². The van der Waals surface area contributed by atoms with E-state index in [-0.39, 0.29) is 48.1 Å². The van der Waals surface area contributed by atoms with E-state index in [1.807, 2.05) is 63.1 Å². The Hall–Kier alpha value is -5.76. The van der Waals surface area contributed by atoms with Crippen molar-refractivity contribution in [1.29, 1.82) is 0 Å². The zero-order valence-corrected chi connectivity index (χ0v) is 33.5. The molecule has 6 heterocycles. The number of amides is 3. The highest BCUT2D eigenvalue weighted by Crippen LogP contribution is 2.50. The van der Waals surface area contributed by atoms with Gasteiger partial charge in [-0.25, -0.2) is 4.98 Å². The molecule has 304 valence electrons. The Bertz CT molecular complexity index is 2340. The number of carbonyl (C=O) groups is 4. The molecule has 0 spiro atoms. The molecular weight excluding hydrogens is 741 g/mol. The summed E-state index contributed by atoms with van der Waals surface area (Å²) in [6, 6.07) is 8.87. The van der Waals surface area contributed by atoms with E-state index >= 15 is 0 Å². The number of carbonyl (C=O) groups excluding carboxylic acids is 4. The van der Waals surface area contributed by atoms with Gasteiger partial charge in [0, 0.05) is 48.1 Å². The maximum absolute atomic E-state index is 13.7. The number of aromatic amines is 1. The number of esters is 1. The van der Waals surface area contributed by atoms with Crippen LogP contribution in [0.15, 0.2) is 58.4 Å². The first kappa shape index (κ1) is 39.1. The smallest absolute Gasteiger partial charge is 0.306 e. The summed E-state index contributed by atoms with van der Waals surface area (Å²) in [5, 5.41) is 12.8. The molecule has 2 aromatic carbocycles. The SMILES string of the molecule is COC(=O)C[C@H](C(=O)N1CCC[C@H]1C1=NC=C(c2ccc3c(c2)Oc2ccc(-c4cnc([C@@H]5CCCN5C(=O)[C@@H](NC(=O)CO)C(C)C)[nH]4)c4occ-3c24)C1)C(C)C. The molecule has 4 aliphatic heterocycles. The Morgan fingerprint density at radius 3 is 2.41 bits per heavy atom. The number of nitrogens with zero attached hydrogens (tertiary/aromatic N) is 4. The van der Waals surface area contributed by atoms with Gasteiger partial charge in [0.05, 0.1) is 55.1 Å². The second-order valence-corrected chi connectivity index (χ2v) is 16.4. The Balaban J connectivity index is 0.984. The summed E-state index contributed by atoms with van der Waals surface area (Å²) in [7, 11) is 1.35. The van der Waals surface area contributed by atoms with Crippen LogP contribution in [0.4, 0.5) is 0 Å². The molecule has 3 N–H and O–H groups in total. The number of benzene rings is 2. The second kappa shape index (κ2) is 15.9. The van der Waals surface area contributed by atoms with Crippen molar-refractivity contribution in [3.63, 3.8) is 0 Å². The summed E-state index contributed by atoms with van der Waals surface area (Å²) in [6.07, 6.45) is 9.33. The Morgan fingerprint density at radius 1 is 0.948 bits per heavy atom. The number of aliphatic imine (C=N–C) groups is 1. The highest BCUT2D eigenvalue weighted by Gasteiger charge is 2.40. The van der Waals surface area contributed by atoms with Gasteiger partial charge in [0.1, 0.15) is 35.6 Å². The lowest BCUT2D eigenvalue weighted by molar-refractivity contribution is -0.148. The number of rotatable bonds is 12. The van der Waals surface area contributed by atoms with E-state index in [9.17, 15) is 24.3 Å². The number of imidazole rings is 1. The Morgan fingerprint density at radius 2 is 1.69 bits per heavy atom. The van der Waals surface area contributed by atoms with Gasteiger partial charge in [-0.3, -0.25) is 24.2 Å². The van der Waals surface area contributed by atoms with E-state index < -0.39 is 24.5 Å². The number of methoxy groups -OCH3 is 1. The van der Waals surface area contributed by atoms with Crippen molar-refractivity contribution in [3.8, 4) is 33.9 Å². The molecule has 3 amide bonds. The molecule has 0 radical (unpaired) electrons. The molecule has 2 saturated heterocycles. The number of aliphatic hydroxyl groups excluding tert-OH is 1. The van der Waals surface area contributed by atoms with E-state index in [2.05, 4.69) is 16.4 Å². The maximum Gasteiger partial charge on any atom is 0.306 e. The summed E-state index contributed by atoms with van der Waals surface area (Å²) in [5.41, 5.74) is 7.01. The van der Waals surface area contributed by atoms with Crippen LogP contribution >= 0.6 is 0 Å². The molecule has 14 nitrogen and oxygen atoms in total. The predicted molar refractivity (Wildman–Crippen MR) is 217 cm³/mol. The normalized spacial score (nSPS) is 19.6. The van der Waals surface area contributed by atoms with E-state index in [1.54, 1.807) is 17.4 Å². The van der Waals surface area contributed by atoms with Crippen LogP contribution < -0.4 is 10.1 Å². The zero-order chi connectivity index (χ0) is 40.8. The fourth-order valence-electron chi connectivity index (χ4n) is 8.92. The molecular formula is C44H50N6O8. The molecule has 0 unspecified atom stereocenters. The van der Waals surface area contributed by atoms with E-state index in [0.717, 1.165) is 70.3 Å². The fourth-order valence-corrected chi connectivity index (χ4v) is 8.92. The van der Waals surface area contributed by atoms with Crippen LogP contribution in [0.25, 0.3) is 38.9 Å². The van der Waals surface area contributed by atoms with Gasteiger partial charge in [-0.1, -0.05) is 33.8 Å². The Kier molecular flexibility index (Phi) is 10.7. The maximum atomic E-state index is 13.7. The molecule has 0 saturated carbocycles. The van der Waals surface area contributed by atoms with E-state index in [4.69, 9.17) is 23.9 Å². The first-order valence-corrected chi connectivity index (χ1v) is 20.2. The zero-order valence-electron chi connectivity index (χ0n) is 33.5. The van der Waals surface area contributed by atoms with Gasteiger partial charge in [0.25, 0.3) is 0 Å². The standard InChI is InChI=1S/C44H50N6O8/c1-23(2)29(18-38(53)56-5)43(54)49-14-6-8-33(49)31-16-26(19-45-31)25-10-11-27-30-22-57-41-28(12-13-35(39(30)41)58-36(27)17-25)32-20-46-42(47-32)34-9-7-15-50(34)44(55)40(24(3)4)48-37(52)21-51/h10-13,17,19-20,22-24,29,33-34,40,51H,6-9,14-16,18,21H2,1-5H3,(H,46,47)(H,48,52)/t29-,33-,34-,40-/m0/s1. The number of fused-ring (bicyclic) bond motifs is 2. The summed E-state index contributed by atoms with van der Waals surface area (Å²) >= 11 is 0. The van der Waals surface area contributed by atoms with Crippen LogP contribution in [0, 0.1) is 17.8 Å². The first-order chi connectivity index (χ1) is 28.0. The molecule has 0 bridgehead atoms. The minimum absolute atomic E-state index is 0.000748.